The van der Waals surface area contributed by atoms with Crippen LogP contribution in [0.5, 0.6) is 0 Å². The second-order valence-electron chi connectivity index (χ2n) is 8.38. The van der Waals surface area contributed by atoms with Crippen LogP contribution in [-0.4, -0.2) is 30.9 Å². The molecule has 0 radical (unpaired) electrons. The van der Waals surface area contributed by atoms with Crippen molar-refractivity contribution in [3.05, 3.63) is 0 Å². The van der Waals surface area contributed by atoms with Gasteiger partial charge in [-0.25, -0.2) is 0 Å². The van der Waals surface area contributed by atoms with Gasteiger partial charge in [-0.05, 0) is 62.3 Å². The number of hydrogen-bond acceptors (Lipinski definition) is 4. The van der Waals surface area contributed by atoms with Crippen LogP contribution in [0.4, 0.5) is 0 Å². The minimum atomic E-state index is -2.84. The molecule has 1 unspecified atom stereocenters. The molecule has 0 saturated heterocycles. The van der Waals surface area contributed by atoms with Crippen LogP contribution in [-0.2, 0) is 13.3 Å². The van der Waals surface area contributed by atoms with E-state index in [2.05, 4.69) is 19.6 Å². The Kier molecular flexibility index (Phi) is 6.84. The number of hydrogen-bond donors (Lipinski definition) is 1. The highest BCUT2D eigenvalue weighted by molar-refractivity contribution is 7.81. The third-order valence-electron chi connectivity index (χ3n) is 1.93. The molecule has 0 saturated carbocycles. The lowest BCUT2D eigenvalue weighted by atomic mass is 10.2. The Morgan fingerprint density at radius 3 is 1.15 bits per heavy atom. The summed E-state index contributed by atoms with van der Waals surface area (Å²) in [5.41, 5.74) is -0.942. The van der Waals surface area contributed by atoms with Crippen LogP contribution < -0.4 is 0 Å². The molecule has 0 aromatic carbocycles. The van der Waals surface area contributed by atoms with Gasteiger partial charge in [0.1, 0.15) is 0 Å². The molecule has 0 heterocycles. The van der Waals surface area contributed by atoms with E-state index in [4.69, 9.17) is 13.3 Å². The molecule has 0 aliphatic carbocycles. The lowest BCUT2D eigenvalue weighted by Gasteiger charge is -2.43. The van der Waals surface area contributed by atoms with Gasteiger partial charge >= 0.3 is 8.80 Å². The molecule has 1 atom stereocenters. The summed E-state index contributed by atoms with van der Waals surface area (Å²) >= 11 is 4.54. The number of thiol groups is 1. The van der Waals surface area contributed by atoms with Crippen LogP contribution in [0.1, 0.15) is 69.2 Å². The molecule has 122 valence electrons. The Labute approximate surface area is 132 Å². The molecule has 20 heavy (non-hydrogen) atoms. The fourth-order valence-corrected chi connectivity index (χ4v) is 6.52. The van der Waals surface area contributed by atoms with Crippen molar-refractivity contribution in [3.8, 4) is 0 Å². The minimum absolute atomic E-state index is 0.161. The zero-order valence-corrected chi connectivity index (χ0v) is 16.9. The summed E-state index contributed by atoms with van der Waals surface area (Å²) in [6.45, 7) is 20.4. The van der Waals surface area contributed by atoms with Crippen molar-refractivity contribution in [2.45, 2.75) is 97.3 Å². The summed E-state index contributed by atoms with van der Waals surface area (Å²) in [6, 6.07) is 0.696. The second-order valence-corrected chi connectivity index (χ2v) is 11.6. The Morgan fingerprint density at radius 2 is 1.00 bits per heavy atom. The molecule has 0 aliphatic heterocycles. The average Bonchev–Trinajstić information content (AvgIpc) is 1.86. The van der Waals surface area contributed by atoms with E-state index in [9.17, 15) is 0 Å². The molecule has 0 rings (SSSR count). The zero-order valence-electron chi connectivity index (χ0n) is 15.0. The van der Waals surface area contributed by atoms with Crippen LogP contribution in [0.25, 0.3) is 0 Å². The fourth-order valence-electron chi connectivity index (χ4n) is 1.95. The molecule has 0 bridgehead atoms. The van der Waals surface area contributed by atoms with Crippen molar-refractivity contribution in [1.29, 1.82) is 0 Å². The van der Waals surface area contributed by atoms with E-state index in [0.29, 0.717) is 6.04 Å². The van der Waals surface area contributed by atoms with Crippen LogP contribution in [0, 0.1) is 0 Å². The first-order valence-corrected chi connectivity index (χ1v) is 9.77. The molecule has 0 aromatic heterocycles. The van der Waals surface area contributed by atoms with Crippen LogP contribution in [0.3, 0.4) is 0 Å². The van der Waals surface area contributed by atoms with Crippen LogP contribution >= 0.6 is 12.6 Å². The quantitative estimate of drug-likeness (QED) is 0.588. The zero-order chi connectivity index (χ0) is 16.4. The average molecular weight is 323 g/mol. The van der Waals surface area contributed by atoms with Crippen molar-refractivity contribution < 1.29 is 13.3 Å². The van der Waals surface area contributed by atoms with E-state index in [-0.39, 0.29) is 22.1 Å². The van der Waals surface area contributed by atoms with E-state index >= 15 is 0 Å². The highest BCUT2D eigenvalue weighted by Crippen LogP contribution is 2.33. The number of rotatable bonds is 5. The van der Waals surface area contributed by atoms with Crippen molar-refractivity contribution in [2.75, 3.05) is 0 Å². The van der Waals surface area contributed by atoms with Crippen LogP contribution in [0.2, 0.25) is 6.04 Å². The van der Waals surface area contributed by atoms with E-state index in [1.807, 2.05) is 62.3 Å². The first-order chi connectivity index (χ1) is 8.54. The van der Waals surface area contributed by atoms with E-state index in [0.717, 1.165) is 0 Å². The van der Waals surface area contributed by atoms with Crippen molar-refractivity contribution in [1.82, 2.24) is 0 Å². The Hall–Kier alpha value is 0.447. The molecule has 0 spiro atoms. The van der Waals surface area contributed by atoms with Gasteiger partial charge in [-0.2, -0.15) is 12.6 Å². The summed E-state index contributed by atoms with van der Waals surface area (Å²) in [5, 5.41) is 0.161. The maximum Gasteiger partial charge on any atom is 0.503 e. The molecule has 0 aliphatic rings. The van der Waals surface area contributed by atoms with Gasteiger partial charge in [0.15, 0.2) is 0 Å². The van der Waals surface area contributed by atoms with Gasteiger partial charge in [-0.1, -0.05) is 6.92 Å². The molecule has 3 nitrogen and oxygen atoms in total. The third kappa shape index (κ3) is 10.2. The highest BCUT2D eigenvalue weighted by Gasteiger charge is 2.50. The lowest BCUT2D eigenvalue weighted by Crippen LogP contribution is -2.58. The molecule has 0 amide bonds. The second kappa shape index (κ2) is 6.69. The highest BCUT2D eigenvalue weighted by atomic mass is 32.1. The van der Waals surface area contributed by atoms with Crippen molar-refractivity contribution in [2.24, 2.45) is 0 Å². The smallest absolute Gasteiger partial charge is 0.368 e. The predicted molar refractivity (Wildman–Crippen MR) is 91.5 cm³/mol. The topological polar surface area (TPSA) is 27.7 Å². The maximum absolute atomic E-state index is 6.33. The molecule has 0 fully saturated rings. The summed E-state index contributed by atoms with van der Waals surface area (Å²) in [4.78, 5) is 0. The lowest BCUT2D eigenvalue weighted by molar-refractivity contribution is -0.0750. The van der Waals surface area contributed by atoms with E-state index < -0.39 is 8.80 Å². The first kappa shape index (κ1) is 20.4. The summed E-state index contributed by atoms with van der Waals surface area (Å²) in [7, 11) is -2.84. The predicted octanol–water partition coefficient (Wildman–Crippen LogP) is 4.69. The minimum Gasteiger partial charge on any atom is -0.368 e. The van der Waals surface area contributed by atoms with Crippen molar-refractivity contribution in [3.63, 3.8) is 0 Å². The normalized spacial score (nSPS) is 16.4. The Bertz CT molecular complexity index is 257. The van der Waals surface area contributed by atoms with Gasteiger partial charge in [0.2, 0.25) is 0 Å². The standard InChI is InChI=1S/C15H34O3SSi/c1-12(19)11-20(16-13(2,3)4,17-14(5,6)7)18-15(8,9)10/h12,19H,11H2,1-10H3. The van der Waals surface area contributed by atoms with Gasteiger partial charge in [0.05, 0.1) is 16.8 Å². The van der Waals surface area contributed by atoms with Crippen molar-refractivity contribution >= 4 is 21.4 Å². The van der Waals surface area contributed by atoms with Crippen LogP contribution in [0.15, 0.2) is 0 Å². The van der Waals surface area contributed by atoms with E-state index in [1.54, 1.807) is 0 Å². The Balaban J connectivity index is 5.50. The fraction of sp³-hybridized carbons (Fsp3) is 1.00. The summed E-state index contributed by atoms with van der Waals surface area (Å²) < 4.78 is 19.0. The molecular weight excluding hydrogens is 288 g/mol. The largest absolute Gasteiger partial charge is 0.503 e. The summed E-state index contributed by atoms with van der Waals surface area (Å²) in [5.74, 6) is 0. The van der Waals surface area contributed by atoms with Gasteiger partial charge in [-0.15, -0.1) is 0 Å². The molecular formula is C15H34O3SSi. The van der Waals surface area contributed by atoms with Gasteiger partial charge in [0.25, 0.3) is 0 Å². The maximum atomic E-state index is 6.33. The molecule has 5 heteroatoms. The SMILES string of the molecule is CC(S)C[Si](OC(C)(C)C)(OC(C)(C)C)OC(C)(C)C. The van der Waals surface area contributed by atoms with Gasteiger partial charge < -0.3 is 13.3 Å². The first-order valence-electron chi connectivity index (χ1n) is 7.32. The summed E-state index contributed by atoms with van der Waals surface area (Å²) in [6.07, 6.45) is 0. The molecule has 0 aromatic rings. The molecule has 0 N–H and O–H groups in total. The van der Waals surface area contributed by atoms with Gasteiger partial charge in [0, 0.05) is 11.3 Å². The monoisotopic (exact) mass is 322 g/mol. The van der Waals surface area contributed by atoms with Gasteiger partial charge in [-0.3, -0.25) is 0 Å². The Morgan fingerprint density at radius 1 is 0.750 bits per heavy atom. The van der Waals surface area contributed by atoms with E-state index in [1.165, 1.54) is 0 Å². The third-order valence-corrected chi connectivity index (χ3v) is 6.34.